The van der Waals surface area contributed by atoms with Gasteiger partial charge in [-0.25, -0.2) is 0 Å². The van der Waals surface area contributed by atoms with Crippen molar-refractivity contribution >= 4 is 22.7 Å². The normalized spacial score (nSPS) is 10.3. The molecule has 0 aliphatic rings. The molecule has 0 spiro atoms. The van der Waals surface area contributed by atoms with Crippen LogP contribution >= 0.6 is 0 Å². The number of methoxy groups -OCH3 is 1. The van der Waals surface area contributed by atoms with Gasteiger partial charge in [0.15, 0.2) is 0 Å². The third-order valence-corrected chi connectivity index (χ3v) is 2.87. The number of carbonyl (C=O) groups is 2. The number of hydrogen-bond donors (Lipinski definition) is 0. The quantitative estimate of drug-likeness (QED) is 0.641. The van der Waals surface area contributed by atoms with E-state index in [2.05, 4.69) is 0 Å². The molecule has 0 amide bonds. The van der Waals surface area contributed by atoms with Gasteiger partial charge in [0.05, 0.1) is 12.5 Å². The van der Waals surface area contributed by atoms with Gasteiger partial charge in [-0.1, -0.05) is 0 Å². The fourth-order valence-electron chi connectivity index (χ4n) is 2.18. The van der Waals surface area contributed by atoms with E-state index in [1.165, 1.54) is 21.0 Å². The molecule has 0 saturated carbocycles. The number of ether oxygens (including phenoxy) is 3. The Hall–Kier alpha value is -2.56. The Balaban J connectivity index is 2.78. The van der Waals surface area contributed by atoms with Crippen molar-refractivity contribution in [3.8, 4) is 17.2 Å². The summed E-state index contributed by atoms with van der Waals surface area (Å²) >= 11 is 0. The third-order valence-electron chi connectivity index (χ3n) is 2.87. The third kappa shape index (κ3) is 3.13. The van der Waals surface area contributed by atoms with E-state index < -0.39 is 11.9 Å². The summed E-state index contributed by atoms with van der Waals surface area (Å²) in [6, 6.07) is 6.91. The lowest BCUT2D eigenvalue weighted by Crippen LogP contribution is -2.05. The van der Waals surface area contributed by atoms with Crippen LogP contribution in [-0.2, 0) is 9.59 Å². The van der Waals surface area contributed by atoms with Crippen molar-refractivity contribution in [1.29, 1.82) is 0 Å². The minimum Gasteiger partial charge on any atom is -0.496 e. The Bertz CT molecular complexity index is 718. The molecule has 2 rings (SSSR count). The number of fused-ring (bicyclic) bond motifs is 1. The van der Waals surface area contributed by atoms with Crippen molar-refractivity contribution in [3.05, 3.63) is 29.8 Å². The average Bonchev–Trinajstić information content (AvgIpc) is 2.38. The van der Waals surface area contributed by atoms with Crippen LogP contribution in [0.4, 0.5) is 0 Å². The van der Waals surface area contributed by atoms with Gasteiger partial charge in [-0.2, -0.15) is 0 Å². The van der Waals surface area contributed by atoms with Gasteiger partial charge < -0.3 is 14.2 Å². The maximum Gasteiger partial charge on any atom is 0.308 e. The van der Waals surface area contributed by atoms with E-state index in [1.54, 1.807) is 18.2 Å². The summed E-state index contributed by atoms with van der Waals surface area (Å²) in [6.07, 6.45) is 0. The molecule has 0 unspecified atom stereocenters. The van der Waals surface area contributed by atoms with Gasteiger partial charge in [-0.3, -0.25) is 9.59 Å². The van der Waals surface area contributed by atoms with Crippen LogP contribution in [0.25, 0.3) is 10.8 Å². The fraction of sp³-hybridized carbons (Fsp3) is 0.250. The molecular weight excluding hydrogens is 272 g/mol. The number of esters is 2. The Labute approximate surface area is 122 Å². The number of hydrogen-bond acceptors (Lipinski definition) is 5. The number of benzene rings is 2. The zero-order valence-corrected chi connectivity index (χ0v) is 12.4. The predicted octanol–water partition coefficient (Wildman–Crippen LogP) is 3.01. The Morgan fingerprint density at radius 2 is 1.48 bits per heavy atom. The van der Waals surface area contributed by atoms with Crippen LogP contribution in [0.5, 0.6) is 17.2 Å². The lowest BCUT2D eigenvalue weighted by Gasteiger charge is -2.14. The molecule has 5 nitrogen and oxygen atoms in total. The van der Waals surface area contributed by atoms with Crippen molar-refractivity contribution in [2.24, 2.45) is 0 Å². The van der Waals surface area contributed by atoms with Gasteiger partial charge >= 0.3 is 11.9 Å². The molecule has 110 valence electrons. The second-order valence-corrected chi connectivity index (χ2v) is 4.64. The van der Waals surface area contributed by atoms with Gasteiger partial charge in [-0.15, -0.1) is 0 Å². The number of rotatable bonds is 3. The molecule has 0 radical (unpaired) electrons. The molecule has 0 heterocycles. The summed E-state index contributed by atoms with van der Waals surface area (Å²) in [6.45, 7) is 4.53. The van der Waals surface area contributed by atoms with E-state index in [0.717, 1.165) is 5.56 Å². The van der Waals surface area contributed by atoms with Crippen molar-refractivity contribution in [2.75, 3.05) is 7.11 Å². The Morgan fingerprint density at radius 1 is 0.905 bits per heavy atom. The molecule has 2 aromatic carbocycles. The molecule has 0 atom stereocenters. The van der Waals surface area contributed by atoms with E-state index in [-0.39, 0.29) is 0 Å². The largest absolute Gasteiger partial charge is 0.496 e. The first-order chi connectivity index (χ1) is 9.92. The molecule has 0 aliphatic heterocycles. The maximum atomic E-state index is 11.3. The average molecular weight is 288 g/mol. The van der Waals surface area contributed by atoms with Crippen LogP contribution < -0.4 is 14.2 Å². The molecule has 0 N–H and O–H groups in total. The fourth-order valence-corrected chi connectivity index (χ4v) is 2.18. The summed E-state index contributed by atoms with van der Waals surface area (Å²) in [5, 5.41) is 1.25. The zero-order valence-electron chi connectivity index (χ0n) is 12.4. The zero-order chi connectivity index (χ0) is 15.6. The van der Waals surface area contributed by atoms with Gasteiger partial charge in [0, 0.05) is 19.2 Å². The van der Waals surface area contributed by atoms with E-state index in [0.29, 0.717) is 28.0 Å². The van der Waals surface area contributed by atoms with E-state index in [4.69, 9.17) is 14.2 Å². The standard InChI is InChI=1S/C16H16O5/c1-9-7-12-13(20-10(2)17)5-6-14(19-4)16(12)15(8-9)21-11(3)18/h5-8H,1-4H3. The maximum absolute atomic E-state index is 11.3. The van der Waals surface area contributed by atoms with Gasteiger partial charge in [0.25, 0.3) is 0 Å². The Kier molecular flexibility index (Phi) is 4.12. The van der Waals surface area contributed by atoms with Gasteiger partial charge in [0.2, 0.25) is 0 Å². The molecule has 0 aliphatic carbocycles. The first kappa shape index (κ1) is 14.8. The lowest BCUT2D eigenvalue weighted by molar-refractivity contribution is -0.132. The number of aryl methyl sites for hydroxylation is 1. The summed E-state index contributed by atoms with van der Waals surface area (Å²) in [7, 11) is 1.53. The van der Waals surface area contributed by atoms with Crippen molar-refractivity contribution in [2.45, 2.75) is 20.8 Å². The smallest absolute Gasteiger partial charge is 0.308 e. The molecule has 2 aromatic rings. The van der Waals surface area contributed by atoms with E-state index in [1.807, 2.05) is 13.0 Å². The molecule has 5 heteroatoms. The van der Waals surface area contributed by atoms with Crippen LogP contribution in [0.3, 0.4) is 0 Å². The van der Waals surface area contributed by atoms with E-state index >= 15 is 0 Å². The predicted molar refractivity (Wildman–Crippen MR) is 77.9 cm³/mol. The summed E-state index contributed by atoms with van der Waals surface area (Å²) in [4.78, 5) is 22.5. The van der Waals surface area contributed by atoms with E-state index in [9.17, 15) is 9.59 Å². The topological polar surface area (TPSA) is 61.8 Å². The Morgan fingerprint density at radius 3 is 2.05 bits per heavy atom. The summed E-state index contributed by atoms with van der Waals surface area (Å²) in [5.41, 5.74) is 0.875. The van der Waals surface area contributed by atoms with Crippen LogP contribution in [0.1, 0.15) is 19.4 Å². The molecule has 0 fully saturated rings. The van der Waals surface area contributed by atoms with Crippen LogP contribution in [-0.4, -0.2) is 19.0 Å². The van der Waals surface area contributed by atoms with Crippen LogP contribution in [0.2, 0.25) is 0 Å². The first-order valence-electron chi connectivity index (χ1n) is 6.40. The summed E-state index contributed by atoms with van der Waals surface area (Å²) in [5.74, 6) is 0.467. The second kappa shape index (κ2) is 5.83. The van der Waals surface area contributed by atoms with Crippen LogP contribution in [0.15, 0.2) is 24.3 Å². The highest BCUT2D eigenvalue weighted by molar-refractivity contribution is 6.00. The second-order valence-electron chi connectivity index (χ2n) is 4.64. The SMILES string of the molecule is COc1ccc(OC(C)=O)c2cc(C)cc(OC(C)=O)c12. The molecule has 0 bridgehead atoms. The highest BCUT2D eigenvalue weighted by Gasteiger charge is 2.16. The van der Waals surface area contributed by atoms with Gasteiger partial charge in [-0.05, 0) is 36.8 Å². The summed E-state index contributed by atoms with van der Waals surface area (Å²) < 4.78 is 15.8. The van der Waals surface area contributed by atoms with Crippen molar-refractivity contribution in [3.63, 3.8) is 0 Å². The molecule has 0 saturated heterocycles. The minimum atomic E-state index is -0.429. The van der Waals surface area contributed by atoms with Gasteiger partial charge in [0.1, 0.15) is 17.2 Å². The highest BCUT2D eigenvalue weighted by atomic mass is 16.5. The van der Waals surface area contributed by atoms with Crippen molar-refractivity contribution < 1.29 is 23.8 Å². The monoisotopic (exact) mass is 288 g/mol. The lowest BCUT2D eigenvalue weighted by atomic mass is 10.0. The minimum absolute atomic E-state index is 0.378. The highest BCUT2D eigenvalue weighted by Crippen LogP contribution is 2.40. The van der Waals surface area contributed by atoms with Crippen LogP contribution in [0, 0.1) is 6.92 Å². The number of carbonyl (C=O) groups excluding carboxylic acids is 2. The van der Waals surface area contributed by atoms with Crippen molar-refractivity contribution in [1.82, 2.24) is 0 Å². The molecule has 21 heavy (non-hydrogen) atoms. The molecular formula is C16H16O5. The molecule has 0 aromatic heterocycles. The first-order valence-corrected chi connectivity index (χ1v) is 6.40.